The highest BCUT2D eigenvalue weighted by Crippen LogP contribution is 2.39. The van der Waals surface area contributed by atoms with Gasteiger partial charge in [0, 0.05) is 18.6 Å². The molecule has 8 heteroatoms. The summed E-state index contributed by atoms with van der Waals surface area (Å²) < 4.78 is 33.1. The zero-order valence-electron chi connectivity index (χ0n) is 14.5. The van der Waals surface area contributed by atoms with Gasteiger partial charge in [0.05, 0.1) is 5.60 Å². The molecule has 8 nitrogen and oxygen atoms in total. The Morgan fingerprint density at radius 2 is 1.81 bits per heavy atom. The summed E-state index contributed by atoms with van der Waals surface area (Å²) in [7, 11) is 1.51. The van der Waals surface area contributed by atoms with Crippen molar-refractivity contribution in [2.45, 2.75) is 44.1 Å². The van der Waals surface area contributed by atoms with Crippen molar-refractivity contribution in [3.8, 4) is 5.75 Å². The lowest BCUT2D eigenvalue weighted by Crippen LogP contribution is -2.62. The Morgan fingerprint density at radius 1 is 1.04 bits per heavy atom. The van der Waals surface area contributed by atoms with Crippen LogP contribution < -0.4 is 10.4 Å². The van der Waals surface area contributed by atoms with Gasteiger partial charge in [-0.3, -0.25) is 0 Å². The molecule has 1 aromatic heterocycles. The van der Waals surface area contributed by atoms with Gasteiger partial charge >= 0.3 is 11.8 Å². The normalized spacial score (nSPS) is 29.7. The summed E-state index contributed by atoms with van der Waals surface area (Å²) in [6.45, 7) is 3.62. The molecule has 0 saturated carbocycles. The van der Waals surface area contributed by atoms with Gasteiger partial charge in [-0.15, -0.1) is 0 Å². The number of rotatable bonds is 3. The van der Waals surface area contributed by atoms with Crippen molar-refractivity contribution >= 4 is 17.1 Å². The van der Waals surface area contributed by atoms with E-state index in [1.807, 2.05) is 13.8 Å². The highest BCUT2D eigenvalue weighted by atomic mass is 16.8. The van der Waals surface area contributed by atoms with E-state index < -0.39 is 42.0 Å². The SMILES string of the molecule is COC1C2OC(=O)OC2C(Oc2cccc3ccc(=O)oc23)OC1(C)C. The van der Waals surface area contributed by atoms with E-state index in [2.05, 4.69) is 0 Å². The maximum absolute atomic E-state index is 11.7. The number of benzene rings is 1. The van der Waals surface area contributed by atoms with Gasteiger partial charge in [0.25, 0.3) is 0 Å². The Hall–Kier alpha value is -2.58. The van der Waals surface area contributed by atoms with Crippen LogP contribution in [0.4, 0.5) is 4.79 Å². The topological polar surface area (TPSA) is 93.4 Å². The fraction of sp³-hybridized carbons (Fsp3) is 0.444. The van der Waals surface area contributed by atoms with Gasteiger partial charge in [-0.05, 0) is 26.0 Å². The van der Waals surface area contributed by atoms with Crippen LogP contribution in [0, 0.1) is 0 Å². The molecule has 3 heterocycles. The molecule has 26 heavy (non-hydrogen) atoms. The molecule has 4 rings (SSSR count). The van der Waals surface area contributed by atoms with Gasteiger partial charge in [-0.2, -0.15) is 0 Å². The lowest BCUT2D eigenvalue weighted by atomic mass is 9.89. The first-order valence-corrected chi connectivity index (χ1v) is 8.16. The van der Waals surface area contributed by atoms with E-state index in [1.165, 1.54) is 13.2 Å². The molecular formula is C18H18O8. The standard InChI is InChI=1S/C18H18O8/c1-18(2)15(21-3)13-14(25-17(20)24-13)16(26-18)22-10-6-4-5-9-7-8-11(19)23-12(9)10/h4-8,13-16H,1-3H3. The van der Waals surface area contributed by atoms with Crippen LogP contribution in [0.2, 0.25) is 0 Å². The molecule has 2 saturated heterocycles. The number of para-hydroxylation sites is 1. The van der Waals surface area contributed by atoms with E-state index in [4.69, 9.17) is 28.1 Å². The summed E-state index contributed by atoms with van der Waals surface area (Å²) in [6.07, 6.45) is -3.77. The summed E-state index contributed by atoms with van der Waals surface area (Å²) in [5.41, 5.74) is -1.01. The maximum atomic E-state index is 11.7. The molecule has 0 amide bonds. The highest BCUT2D eigenvalue weighted by Gasteiger charge is 2.58. The van der Waals surface area contributed by atoms with E-state index in [-0.39, 0.29) is 5.58 Å². The molecule has 0 radical (unpaired) electrons. The molecule has 2 aromatic rings. The minimum absolute atomic E-state index is 0.289. The molecule has 0 aliphatic carbocycles. The lowest BCUT2D eigenvalue weighted by molar-refractivity contribution is -0.282. The van der Waals surface area contributed by atoms with E-state index in [0.29, 0.717) is 11.1 Å². The van der Waals surface area contributed by atoms with Gasteiger partial charge in [-0.1, -0.05) is 12.1 Å². The van der Waals surface area contributed by atoms with Crippen molar-refractivity contribution in [1.29, 1.82) is 0 Å². The predicted octanol–water partition coefficient (Wildman–Crippen LogP) is 2.23. The van der Waals surface area contributed by atoms with Gasteiger partial charge in [0.15, 0.2) is 17.4 Å². The Morgan fingerprint density at radius 3 is 2.58 bits per heavy atom. The van der Waals surface area contributed by atoms with E-state index in [9.17, 15) is 9.59 Å². The summed E-state index contributed by atoms with van der Waals surface area (Å²) in [5, 5.41) is 0.697. The third-order valence-electron chi connectivity index (χ3n) is 4.57. The lowest BCUT2D eigenvalue weighted by Gasteiger charge is -2.44. The second-order valence-electron chi connectivity index (χ2n) is 6.71. The van der Waals surface area contributed by atoms with Crippen LogP contribution in [-0.4, -0.2) is 43.5 Å². The minimum Gasteiger partial charge on any atom is -0.457 e. The molecular weight excluding hydrogens is 344 g/mol. The summed E-state index contributed by atoms with van der Waals surface area (Å²) >= 11 is 0. The van der Waals surface area contributed by atoms with Crippen LogP contribution in [0.3, 0.4) is 0 Å². The molecule has 2 aliphatic heterocycles. The van der Waals surface area contributed by atoms with Crippen LogP contribution in [0.5, 0.6) is 5.75 Å². The molecule has 4 atom stereocenters. The zero-order valence-corrected chi connectivity index (χ0v) is 14.5. The van der Waals surface area contributed by atoms with Crippen LogP contribution in [0.25, 0.3) is 11.0 Å². The first-order valence-electron chi connectivity index (χ1n) is 8.16. The quantitative estimate of drug-likeness (QED) is 0.606. The van der Waals surface area contributed by atoms with Crippen molar-refractivity contribution < 1.29 is 32.9 Å². The Bertz CT molecular complexity index is 901. The van der Waals surface area contributed by atoms with Crippen LogP contribution >= 0.6 is 0 Å². The Labute approximate surface area is 148 Å². The van der Waals surface area contributed by atoms with Crippen LogP contribution in [0.15, 0.2) is 39.5 Å². The van der Waals surface area contributed by atoms with Gasteiger partial charge in [0.2, 0.25) is 12.4 Å². The monoisotopic (exact) mass is 362 g/mol. The smallest absolute Gasteiger partial charge is 0.457 e. The Kier molecular flexibility index (Phi) is 3.89. The number of ether oxygens (including phenoxy) is 5. The Balaban J connectivity index is 1.71. The number of hydrogen-bond donors (Lipinski definition) is 0. The highest BCUT2D eigenvalue weighted by molar-refractivity contribution is 5.82. The van der Waals surface area contributed by atoms with Crippen molar-refractivity contribution in [2.24, 2.45) is 0 Å². The maximum Gasteiger partial charge on any atom is 0.509 e. The molecule has 4 unspecified atom stereocenters. The number of carbonyl (C=O) groups is 1. The summed E-state index contributed by atoms with van der Waals surface area (Å²) in [6, 6.07) is 8.18. The minimum atomic E-state index is -0.955. The molecule has 138 valence electrons. The second-order valence-corrected chi connectivity index (χ2v) is 6.71. The second kappa shape index (κ2) is 6.00. The first-order chi connectivity index (χ1) is 12.4. The molecule has 0 spiro atoms. The number of fused-ring (bicyclic) bond motifs is 2. The average molecular weight is 362 g/mol. The molecule has 2 aliphatic rings. The van der Waals surface area contributed by atoms with E-state index >= 15 is 0 Å². The predicted molar refractivity (Wildman–Crippen MR) is 88.0 cm³/mol. The van der Waals surface area contributed by atoms with E-state index in [1.54, 1.807) is 24.3 Å². The number of methoxy groups -OCH3 is 1. The van der Waals surface area contributed by atoms with Gasteiger partial charge in [-0.25, -0.2) is 9.59 Å². The van der Waals surface area contributed by atoms with Crippen molar-refractivity contribution in [3.05, 3.63) is 40.8 Å². The fourth-order valence-electron chi connectivity index (χ4n) is 3.45. The molecule has 2 fully saturated rings. The number of hydrogen-bond acceptors (Lipinski definition) is 8. The summed E-state index contributed by atoms with van der Waals surface area (Å²) in [4.78, 5) is 23.2. The zero-order chi connectivity index (χ0) is 18.5. The van der Waals surface area contributed by atoms with Gasteiger partial charge in [0.1, 0.15) is 6.10 Å². The first kappa shape index (κ1) is 16.9. The third-order valence-corrected chi connectivity index (χ3v) is 4.57. The van der Waals surface area contributed by atoms with E-state index in [0.717, 1.165) is 0 Å². The van der Waals surface area contributed by atoms with Crippen molar-refractivity contribution in [1.82, 2.24) is 0 Å². The van der Waals surface area contributed by atoms with Crippen molar-refractivity contribution in [3.63, 3.8) is 0 Å². The number of carbonyl (C=O) groups excluding carboxylic acids is 1. The third kappa shape index (κ3) is 2.71. The molecule has 0 bridgehead atoms. The summed E-state index contributed by atoms with van der Waals surface area (Å²) in [5.74, 6) is 0.304. The van der Waals surface area contributed by atoms with Crippen molar-refractivity contribution in [2.75, 3.05) is 7.11 Å². The molecule has 0 N–H and O–H groups in total. The average Bonchev–Trinajstić information content (AvgIpc) is 2.96. The van der Waals surface area contributed by atoms with Crippen LogP contribution in [0.1, 0.15) is 13.8 Å². The van der Waals surface area contributed by atoms with Crippen LogP contribution in [-0.2, 0) is 18.9 Å². The van der Waals surface area contributed by atoms with Gasteiger partial charge < -0.3 is 28.1 Å². The fourth-order valence-corrected chi connectivity index (χ4v) is 3.45. The largest absolute Gasteiger partial charge is 0.509 e. The molecule has 1 aromatic carbocycles.